The molecule has 0 aromatic heterocycles. The van der Waals surface area contributed by atoms with Gasteiger partial charge in [-0.2, -0.15) is 0 Å². The highest BCUT2D eigenvalue weighted by Gasteiger charge is 2.28. The topological polar surface area (TPSA) is 12.0 Å². The van der Waals surface area contributed by atoms with Crippen LogP contribution in [0, 0.1) is 11.8 Å². The molecule has 0 spiro atoms. The standard InChI is InChI=1S/C17H26BrN/c1-12(2)16-6-4-5-7-17(16)19-13(3)14-8-10-15(18)11-9-14/h8-13,16-17,19H,4-7H2,1-3H3/t13-,16?,17?/m1/s1. The van der Waals surface area contributed by atoms with Crippen LogP contribution in [0.25, 0.3) is 0 Å². The van der Waals surface area contributed by atoms with Crippen LogP contribution in [0.1, 0.15) is 58.1 Å². The number of rotatable bonds is 4. The van der Waals surface area contributed by atoms with Crippen LogP contribution in [-0.4, -0.2) is 6.04 Å². The molecule has 2 heteroatoms. The van der Waals surface area contributed by atoms with Crippen molar-refractivity contribution in [3.05, 3.63) is 34.3 Å². The Labute approximate surface area is 126 Å². The number of nitrogens with one attached hydrogen (secondary N) is 1. The summed E-state index contributed by atoms with van der Waals surface area (Å²) in [5.41, 5.74) is 1.39. The molecule has 0 radical (unpaired) electrons. The third-order valence-electron chi connectivity index (χ3n) is 4.51. The molecule has 0 saturated heterocycles. The van der Waals surface area contributed by atoms with Crippen LogP contribution >= 0.6 is 15.9 Å². The van der Waals surface area contributed by atoms with Gasteiger partial charge in [0.25, 0.3) is 0 Å². The largest absolute Gasteiger partial charge is 0.307 e. The molecule has 3 atom stereocenters. The first-order chi connectivity index (χ1) is 9.08. The molecule has 1 N–H and O–H groups in total. The second-order valence-corrected chi connectivity index (χ2v) is 7.15. The van der Waals surface area contributed by atoms with E-state index in [0.717, 1.165) is 16.3 Å². The SMILES string of the molecule is CC(C)C1CCCCC1N[C@H](C)c1ccc(Br)cc1. The van der Waals surface area contributed by atoms with Gasteiger partial charge in [-0.25, -0.2) is 0 Å². The van der Waals surface area contributed by atoms with E-state index >= 15 is 0 Å². The van der Waals surface area contributed by atoms with E-state index in [2.05, 4.69) is 66.3 Å². The van der Waals surface area contributed by atoms with Crippen molar-refractivity contribution >= 4 is 15.9 Å². The minimum absolute atomic E-state index is 0.442. The highest BCUT2D eigenvalue weighted by molar-refractivity contribution is 9.10. The van der Waals surface area contributed by atoms with Gasteiger partial charge in [-0.3, -0.25) is 0 Å². The minimum Gasteiger partial charge on any atom is -0.307 e. The third kappa shape index (κ3) is 4.06. The zero-order valence-corrected chi connectivity index (χ0v) is 13.9. The molecule has 0 amide bonds. The lowest BCUT2D eigenvalue weighted by Gasteiger charge is -2.37. The lowest BCUT2D eigenvalue weighted by atomic mass is 9.77. The minimum atomic E-state index is 0.442. The van der Waals surface area contributed by atoms with Crippen LogP contribution in [0.2, 0.25) is 0 Å². The molecule has 1 aliphatic rings. The van der Waals surface area contributed by atoms with Crippen molar-refractivity contribution in [3.63, 3.8) is 0 Å². The average Bonchev–Trinajstić information content (AvgIpc) is 2.39. The van der Waals surface area contributed by atoms with Gasteiger partial charge in [-0.1, -0.05) is 54.8 Å². The fraction of sp³-hybridized carbons (Fsp3) is 0.647. The fourth-order valence-corrected chi connectivity index (χ4v) is 3.60. The Morgan fingerprint density at radius 3 is 2.32 bits per heavy atom. The van der Waals surface area contributed by atoms with E-state index in [1.807, 2.05) is 0 Å². The molecule has 1 aliphatic carbocycles. The van der Waals surface area contributed by atoms with Crippen LogP contribution in [0.15, 0.2) is 28.7 Å². The van der Waals surface area contributed by atoms with Gasteiger partial charge < -0.3 is 5.32 Å². The van der Waals surface area contributed by atoms with Gasteiger partial charge in [0, 0.05) is 16.6 Å². The second-order valence-electron chi connectivity index (χ2n) is 6.24. The van der Waals surface area contributed by atoms with Gasteiger partial charge in [-0.05, 0) is 49.3 Å². The van der Waals surface area contributed by atoms with E-state index in [-0.39, 0.29) is 0 Å². The number of benzene rings is 1. The van der Waals surface area contributed by atoms with Crippen LogP contribution in [0.5, 0.6) is 0 Å². The van der Waals surface area contributed by atoms with Crippen LogP contribution in [0.3, 0.4) is 0 Å². The van der Waals surface area contributed by atoms with E-state index in [1.54, 1.807) is 0 Å². The maximum Gasteiger partial charge on any atom is 0.0294 e. The van der Waals surface area contributed by atoms with Crippen molar-refractivity contribution in [2.75, 3.05) is 0 Å². The summed E-state index contributed by atoms with van der Waals surface area (Å²) in [6, 6.07) is 9.83. The molecule has 0 heterocycles. The Morgan fingerprint density at radius 2 is 1.68 bits per heavy atom. The van der Waals surface area contributed by atoms with Gasteiger partial charge in [-0.15, -0.1) is 0 Å². The molecule has 1 aromatic carbocycles. The number of halogens is 1. The average molecular weight is 324 g/mol. The molecule has 1 aromatic rings. The summed E-state index contributed by atoms with van der Waals surface area (Å²) in [7, 11) is 0. The molecule has 2 unspecified atom stereocenters. The zero-order valence-electron chi connectivity index (χ0n) is 12.3. The first-order valence-corrected chi connectivity index (χ1v) is 8.38. The van der Waals surface area contributed by atoms with E-state index in [4.69, 9.17) is 0 Å². The smallest absolute Gasteiger partial charge is 0.0294 e. The van der Waals surface area contributed by atoms with Gasteiger partial charge in [0.05, 0.1) is 0 Å². The van der Waals surface area contributed by atoms with Crippen LogP contribution < -0.4 is 5.32 Å². The van der Waals surface area contributed by atoms with Gasteiger partial charge in [0.1, 0.15) is 0 Å². The molecular weight excluding hydrogens is 298 g/mol. The maximum absolute atomic E-state index is 3.87. The normalized spacial score (nSPS) is 25.5. The maximum atomic E-state index is 3.87. The fourth-order valence-electron chi connectivity index (χ4n) is 3.33. The van der Waals surface area contributed by atoms with Gasteiger partial charge >= 0.3 is 0 Å². The van der Waals surface area contributed by atoms with E-state index in [0.29, 0.717) is 12.1 Å². The molecule has 106 valence electrons. The van der Waals surface area contributed by atoms with E-state index in [9.17, 15) is 0 Å². The number of hydrogen-bond acceptors (Lipinski definition) is 1. The zero-order chi connectivity index (χ0) is 13.8. The summed E-state index contributed by atoms with van der Waals surface area (Å²) >= 11 is 3.50. The van der Waals surface area contributed by atoms with Crippen LogP contribution in [0.4, 0.5) is 0 Å². The lowest BCUT2D eigenvalue weighted by molar-refractivity contribution is 0.195. The van der Waals surface area contributed by atoms with Crippen molar-refractivity contribution in [1.82, 2.24) is 5.32 Å². The highest BCUT2D eigenvalue weighted by atomic mass is 79.9. The summed E-state index contributed by atoms with van der Waals surface area (Å²) in [6.07, 6.45) is 5.52. The summed E-state index contributed by atoms with van der Waals surface area (Å²) in [6.45, 7) is 7.03. The first-order valence-electron chi connectivity index (χ1n) is 7.59. The van der Waals surface area contributed by atoms with Crippen molar-refractivity contribution in [2.24, 2.45) is 11.8 Å². The first kappa shape index (κ1) is 15.1. The predicted octanol–water partition coefficient (Wildman–Crippen LogP) is 5.31. The Kier molecular flexibility index (Phi) is 5.47. The monoisotopic (exact) mass is 323 g/mol. The Morgan fingerprint density at radius 1 is 1.05 bits per heavy atom. The van der Waals surface area contributed by atoms with Crippen LogP contribution in [-0.2, 0) is 0 Å². The van der Waals surface area contributed by atoms with E-state index in [1.165, 1.54) is 31.2 Å². The molecule has 1 saturated carbocycles. The molecule has 1 nitrogen and oxygen atoms in total. The van der Waals surface area contributed by atoms with Crippen molar-refractivity contribution in [1.29, 1.82) is 0 Å². The lowest BCUT2D eigenvalue weighted by Crippen LogP contribution is -2.42. The molecular formula is C17H26BrN. The Bertz CT molecular complexity index is 385. The molecule has 19 heavy (non-hydrogen) atoms. The highest BCUT2D eigenvalue weighted by Crippen LogP contribution is 2.31. The second kappa shape index (κ2) is 6.90. The van der Waals surface area contributed by atoms with Gasteiger partial charge in [0.15, 0.2) is 0 Å². The quantitative estimate of drug-likeness (QED) is 0.791. The Balaban J connectivity index is 2.00. The third-order valence-corrected chi connectivity index (χ3v) is 5.04. The summed E-state index contributed by atoms with van der Waals surface area (Å²) in [4.78, 5) is 0. The summed E-state index contributed by atoms with van der Waals surface area (Å²) in [5.74, 6) is 1.63. The van der Waals surface area contributed by atoms with Gasteiger partial charge in [0.2, 0.25) is 0 Å². The number of hydrogen-bond donors (Lipinski definition) is 1. The van der Waals surface area contributed by atoms with Crippen molar-refractivity contribution in [2.45, 2.75) is 58.5 Å². The molecule has 0 aliphatic heterocycles. The molecule has 2 rings (SSSR count). The molecule has 1 fully saturated rings. The summed E-state index contributed by atoms with van der Waals surface area (Å²) in [5, 5.41) is 3.87. The van der Waals surface area contributed by atoms with E-state index < -0.39 is 0 Å². The summed E-state index contributed by atoms with van der Waals surface area (Å²) < 4.78 is 1.15. The predicted molar refractivity (Wildman–Crippen MR) is 86.3 cm³/mol. The van der Waals surface area contributed by atoms with Crippen molar-refractivity contribution < 1.29 is 0 Å². The van der Waals surface area contributed by atoms with Crippen molar-refractivity contribution in [3.8, 4) is 0 Å². The molecule has 0 bridgehead atoms. The Hall–Kier alpha value is -0.340.